The minimum Gasteiger partial charge on any atom is -0.384 e. The summed E-state index contributed by atoms with van der Waals surface area (Å²) in [7, 11) is -1.07. The molecule has 1 aromatic carbocycles. The van der Waals surface area contributed by atoms with Gasteiger partial charge in [0.15, 0.2) is 0 Å². The summed E-state index contributed by atoms with van der Waals surface area (Å²) >= 11 is 0. The van der Waals surface area contributed by atoms with Crippen LogP contribution in [0, 0.1) is 17.7 Å². The number of rotatable bonds is 3. The van der Waals surface area contributed by atoms with Gasteiger partial charge in [-0.1, -0.05) is 11.8 Å². The van der Waals surface area contributed by atoms with Crippen molar-refractivity contribution in [3.8, 4) is 11.8 Å². The smallest absolute Gasteiger partial charge is 0.301 e. The number of benzene rings is 1. The van der Waals surface area contributed by atoms with E-state index >= 15 is 0 Å². The van der Waals surface area contributed by atoms with Gasteiger partial charge in [-0.2, -0.15) is 12.7 Å². The number of aliphatic hydroxyl groups excluding tert-OH is 1. The van der Waals surface area contributed by atoms with Gasteiger partial charge in [-0.3, -0.25) is 4.72 Å². The summed E-state index contributed by atoms with van der Waals surface area (Å²) in [4.78, 5) is 0. The van der Waals surface area contributed by atoms with Crippen LogP contribution in [0.15, 0.2) is 18.2 Å². The van der Waals surface area contributed by atoms with Gasteiger partial charge in [-0.15, -0.1) is 0 Å². The summed E-state index contributed by atoms with van der Waals surface area (Å²) in [5.74, 6) is 4.16. The molecule has 0 radical (unpaired) electrons. The van der Waals surface area contributed by atoms with E-state index in [1.165, 1.54) is 26.2 Å². The highest BCUT2D eigenvalue weighted by molar-refractivity contribution is 7.90. The van der Waals surface area contributed by atoms with Crippen LogP contribution in [0.4, 0.5) is 10.1 Å². The zero-order valence-corrected chi connectivity index (χ0v) is 10.8. The molecule has 0 amide bonds. The topological polar surface area (TPSA) is 69.6 Å². The molecule has 0 aromatic heterocycles. The van der Waals surface area contributed by atoms with Crippen molar-refractivity contribution < 1.29 is 17.9 Å². The monoisotopic (exact) mass is 272 g/mol. The second-order valence-electron chi connectivity index (χ2n) is 3.54. The molecule has 0 atom stereocenters. The fourth-order valence-electron chi connectivity index (χ4n) is 1.05. The summed E-state index contributed by atoms with van der Waals surface area (Å²) in [5.41, 5.74) is 0.201. The maximum Gasteiger partial charge on any atom is 0.301 e. The number of halogens is 1. The van der Waals surface area contributed by atoms with Crippen molar-refractivity contribution in [3.63, 3.8) is 0 Å². The molecule has 0 heterocycles. The Morgan fingerprint density at radius 3 is 2.61 bits per heavy atom. The van der Waals surface area contributed by atoms with Crippen LogP contribution in [-0.4, -0.2) is 38.5 Å². The van der Waals surface area contributed by atoms with Crippen LogP contribution in [0.3, 0.4) is 0 Å². The lowest BCUT2D eigenvalue weighted by atomic mass is 10.2. The molecule has 98 valence electrons. The Balaban J connectivity index is 3.00. The first-order valence-corrected chi connectivity index (χ1v) is 6.40. The number of nitrogens with one attached hydrogen (secondary N) is 1. The van der Waals surface area contributed by atoms with Gasteiger partial charge in [0, 0.05) is 19.7 Å². The largest absolute Gasteiger partial charge is 0.384 e. The minimum atomic E-state index is -3.74. The van der Waals surface area contributed by atoms with Gasteiger partial charge < -0.3 is 5.11 Å². The lowest BCUT2D eigenvalue weighted by Crippen LogP contribution is -2.29. The highest BCUT2D eigenvalue weighted by Crippen LogP contribution is 2.17. The Hall–Kier alpha value is -1.62. The maximum atomic E-state index is 13.6. The fourth-order valence-corrected chi connectivity index (χ4v) is 1.67. The number of anilines is 1. The molecule has 0 aliphatic rings. The van der Waals surface area contributed by atoms with E-state index in [4.69, 9.17) is 5.11 Å². The van der Waals surface area contributed by atoms with E-state index in [0.29, 0.717) is 5.56 Å². The third-order valence-corrected chi connectivity index (χ3v) is 3.44. The van der Waals surface area contributed by atoms with Crippen LogP contribution in [0.1, 0.15) is 5.56 Å². The quantitative estimate of drug-likeness (QED) is 0.782. The first kappa shape index (κ1) is 14.4. The van der Waals surface area contributed by atoms with Crippen molar-refractivity contribution in [3.05, 3.63) is 29.6 Å². The Morgan fingerprint density at radius 2 is 2.11 bits per heavy atom. The normalized spacial score (nSPS) is 10.9. The number of aliphatic hydroxyl groups is 1. The molecule has 0 saturated carbocycles. The van der Waals surface area contributed by atoms with E-state index < -0.39 is 16.0 Å². The number of nitrogens with zero attached hydrogens (tertiary/aromatic N) is 1. The summed E-state index contributed by atoms with van der Waals surface area (Å²) in [5, 5.41) is 8.50. The van der Waals surface area contributed by atoms with Crippen molar-refractivity contribution in [2.24, 2.45) is 0 Å². The van der Waals surface area contributed by atoms with Crippen molar-refractivity contribution >= 4 is 15.9 Å². The van der Waals surface area contributed by atoms with Crippen molar-refractivity contribution in [2.75, 3.05) is 25.4 Å². The summed E-state index contributed by atoms with van der Waals surface area (Å²) in [6, 6.07) is 3.83. The SMILES string of the molecule is CN(C)S(=O)(=O)Nc1ccc(C#CCO)cc1F. The van der Waals surface area contributed by atoms with Gasteiger partial charge in [0.1, 0.15) is 12.4 Å². The molecular weight excluding hydrogens is 259 g/mol. The highest BCUT2D eigenvalue weighted by atomic mass is 32.2. The third-order valence-electron chi connectivity index (χ3n) is 2.00. The maximum absolute atomic E-state index is 13.6. The van der Waals surface area contributed by atoms with E-state index in [0.717, 1.165) is 10.4 Å². The van der Waals surface area contributed by atoms with Crippen LogP contribution in [0.2, 0.25) is 0 Å². The van der Waals surface area contributed by atoms with Crippen LogP contribution >= 0.6 is 0 Å². The molecular formula is C11H13FN2O3S. The Labute approximate surface area is 105 Å². The van der Waals surface area contributed by atoms with E-state index in [9.17, 15) is 12.8 Å². The van der Waals surface area contributed by atoms with Crippen molar-refractivity contribution in [2.45, 2.75) is 0 Å². The lowest BCUT2D eigenvalue weighted by Gasteiger charge is -2.13. The molecule has 0 fully saturated rings. The minimum absolute atomic E-state index is 0.154. The molecule has 0 spiro atoms. The van der Waals surface area contributed by atoms with E-state index in [2.05, 4.69) is 16.6 Å². The van der Waals surface area contributed by atoms with Crippen LogP contribution in [0.5, 0.6) is 0 Å². The Bertz CT molecular complexity index is 588. The standard InChI is InChI=1S/C11H13FN2O3S/c1-14(2)18(16,17)13-11-6-5-9(4-3-7-15)8-10(11)12/h5-6,8,13,15H,7H2,1-2H3. The van der Waals surface area contributed by atoms with Gasteiger partial charge in [-0.05, 0) is 18.2 Å². The fraction of sp³-hybridized carbons (Fsp3) is 0.273. The third kappa shape index (κ3) is 3.70. The molecule has 0 bridgehead atoms. The predicted octanol–water partition coefficient (Wildman–Crippen LogP) is 0.388. The molecule has 18 heavy (non-hydrogen) atoms. The number of hydrogen-bond donors (Lipinski definition) is 2. The van der Waals surface area contributed by atoms with Gasteiger partial charge in [-0.25, -0.2) is 4.39 Å². The first-order valence-electron chi connectivity index (χ1n) is 4.96. The van der Waals surface area contributed by atoms with Gasteiger partial charge in [0.05, 0.1) is 5.69 Å². The Kier molecular flexibility index (Phi) is 4.67. The zero-order valence-electron chi connectivity index (χ0n) is 9.94. The summed E-state index contributed by atoms with van der Waals surface area (Å²) in [6.07, 6.45) is 0. The second-order valence-corrected chi connectivity index (χ2v) is 5.43. The van der Waals surface area contributed by atoms with Crippen LogP contribution < -0.4 is 4.72 Å². The summed E-state index contributed by atoms with van der Waals surface area (Å²) in [6.45, 7) is -0.323. The van der Waals surface area contributed by atoms with E-state index in [-0.39, 0.29) is 12.3 Å². The average molecular weight is 272 g/mol. The molecule has 0 aliphatic heterocycles. The first-order chi connectivity index (χ1) is 8.36. The van der Waals surface area contributed by atoms with Crippen LogP contribution in [-0.2, 0) is 10.2 Å². The van der Waals surface area contributed by atoms with Gasteiger partial charge in [0.25, 0.3) is 0 Å². The van der Waals surface area contributed by atoms with E-state index in [1.54, 1.807) is 0 Å². The molecule has 1 aromatic rings. The predicted molar refractivity (Wildman–Crippen MR) is 66.6 cm³/mol. The second kappa shape index (κ2) is 5.82. The molecule has 2 N–H and O–H groups in total. The molecule has 0 saturated heterocycles. The highest BCUT2D eigenvalue weighted by Gasteiger charge is 2.15. The van der Waals surface area contributed by atoms with Gasteiger partial charge >= 0.3 is 10.2 Å². The molecule has 7 heteroatoms. The Morgan fingerprint density at radius 1 is 1.44 bits per heavy atom. The van der Waals surface area contributed by atoms with E-state index in [1.807, 2.05) is 0 Å². The van der Waals surface area contributed by atoms with Gasteiger partial charge in [0.2, 0.25) is 0 Å². The molecule has 5 nitrogen and oxygen atoms in total. The molecule has 1 rings (SSSR count). The van der Waals surface area contributed by atoms with Crippen molar-refractivity contribution in [1.82, 2.24) is 4.31 Å². The lowest BCUT2D eigenvalue weighted by molar-refractivity contribution is 0.350. The van der Waals surface area contributed by atoms with Crippen LogP contribution in [0.25, 0.3) is 0 Å². The average Bonchev–Trinajstić information content (AvgIpc) is 2.29. The molecule has 0 aliphatic carbocycles. The number of hydrogen-bond acceptors (Lipinski definition) is 3. The van der Waals surface area contributed by atoms with Crippen molar-refractivity contribution in [1.29, 1.82) is 0 Å². The zero-order chi connectivity index (χ0) is 13.8. The molecule has 0 unspecified atom stereocenters. The summed E-state index contributed by atoms with van der Waals surface area (Å²) < 4.78 is 39.6.